The summed E-state index contributed by atoms with van der Waals surface area (Å²) >= 11 is 0. The minimum absolute atomic E-state index is 0.0324. The SMILES string of the molecule is COc1ccccc1NC(=O)C1=C(C)N(C2CC2)C(=O)N[C@H]1c1ccc(F)c(F)c1. The Kier molecular flexibility index (Phi) is 5.15. The average molecular weight is 413 g/mol. The van der Waals surface area contributed by atoms with Gasteiger partial charge in [-0.1, -0.05) is 18.2 Å². The molecule has 1 aliphatic carbocycles. The maximum atomic E-state index is 13.9. The fraction of sp³-hybridized carbons (Fsp3) is 0.273. The van der Waals surface area contributed by atoms with Crippen LogP contribution < -0.4 is 15.4 Å². The predicted molar refractivity (Wildman–Crippen MR) is 107 cm³/mol. The lowest BCUT2D eigenvalue weighted by Crippen LogP contribution is -2.49. The minimum atomic E-state index is -1.05. The quantitative estimate of drug-likeness (QED) is 0.775. The van der Waals surface area contributed by atoms with E-state index in [0.29, 0.717) is 17.1 Å². The van der Waals surface area contributed by atoms with Crippen LogP contribution in [-0.4, -0.2) is 30.0 Å². The molecule has 3 amide bonds. The maximum Gasteiger partial charge on any atom is 0.322 e. The van der Waals surface area contributed by atoms with Gasteiger partial charge in [-0.05, 0) is 49.6 Å². The van der Waals surface area contributed by atoms with Crippen molar-refractivity contribution in [2.75, 3.05) is 12.4 Å². The number of methoxy groups -OCH3 is 1. The molecule has 1 heterocycles. The van der Waals surface area contributed by atoms with Crippen LogP contribution in [0, 0.1) is 11.6 Å². The molecule has 30 heavy (non-hydrogen) atoms. The van der Waals surface area contributed by atoms with Crippen LogP contribution in [0.4, 0.5) is 19.3 Å². The molecule has 0 unspecified atom stereocenters. The molecule has 2 aliphatic rings. The second-order valence-corrected chi connectivity index (χ2v) is 7.31. The molecule has 0 radical (unpaired) electrons. The van der Waals surface area contributed by atoms with Crippen LogP contribution in [0.15, 0.2) is 53.7 Å². The number of hydrogen-bond donors (Lipinski definition) is 2. The highest BCUT2D eigenvalue weighted by Crippen LogP contribution is 2.38. The molecule has 1 aliphatic heterocycles. The van der Waals surface area contributed by atoms with Crippen molar-refractivity contribution in [3.8, 4) is 5.75 Å². The molecule has 6 nitrogen and oxygen atoms in total. The molecule has 0 saturated heterocycles. The first kappa shape index (κ1) is 19.9. The first-order valence-electron chi connectivity index (χ1n) is 9.60. The Hall–Kier alpha value is -3.42. The van der Waals surface area contributed by atoms with Crippen molar-refractivity contribution < 1.29 is 23.1 Å². The number of nitrogens with one attached hydrogen (secondary N) is 2. The van der Waals surface area contributed by atoms with Crippen molar-refractivity contribution >= 4 is 17.6 Å². The summed E-state index contributed by atoms with van der Waals surface area (Å²) in [5.74, 6) is -2.03. The van der Waals surface area contributed by atoms with Gasteiger partial charge in [0.15, 0.2) is 11.6 Å². The topological polar surface area (TPSA) is 70.7 Å². The van der Waals surface area contributed by atoms with Crippen LogP contribution in [0.1, 0.15) is 31.4 Å². The number of carbonyl (C=O) groups is 2. The van der Waals surface area contributed by atoms with Crippen molar-refractivity contribution in [3.05, 3.63) is 70.9 Å². The lowest BCUT2D eigenvalue weighted by atomic mass is 9.93. The zero-order valence-corrected chi connectivity index (χ0v) is 16.5. The molecule has 1 fully saturated rings. The molecule has 156 valence electrons. The number of carbonyl (C=O) groups excluding carboxylic acids is 2. The van der Waals surface area contributed by atoms with Crippen LogP contribution in [0.25, 0.3) is 0 Å². The first-order valence-corrected chi connectivity index (χ1v) is 9.60. The van der Waals surface area contributed by atoms with Gasteiger partial charge in [-0.3, -0.25) is 9.69 Å². The highest BCUT2D eigenvalue weighted by Gasteiger charge is 2.42. The van der Waals surface area contributed by atoms with Crippen molar-refractivity contribution in [3.63, 3.8) is 0 Å². The lowest BCUT2D eigenvalue weighted by molar-refractivity contribution is -0.113. The van der Waals surface area contributed by atoms with Crippen molar-refractivity contribution in [1.29, 1.82) is 0 Å². The van der Waals surface area contributed by atoms with E-state index in [4.69, 9.17) is 4.74 Å². The van der Waals surface area contributed by atoms with Gasteiger partial charge in [-0.25, -0.2) is 13.6 Å². The van der Waals surface area contributed by atoms with E-state index < -0.39 is 23.6 Å². The molecule has 2 aromatic rings. The number of urea groups is 1. The summed E-state index contributed by atoms with van der Waals surface area (Å²) in [5.41, 5.74) is 1.49. The maximum absolute atomic E-state index is 13.9. The molecular weight excluding hydrogens is 392 g/mol. The number of hydrogen-bond acceptors (Lipinski definition) is 3. The molecule has 1 atom stereocenters. The highest BCUT2D eigenvalue weighted by molar-refractivity contribution is 6.07. The van der Waals surface area contributed by atoms with E-state index >= 15 is 0 Å². The number of anilines is 1. The molecule has 4 rings (SSSR count). The average Bonchev–Trinajstić information content (AvgIpc) is 3.55. The third-order valence-electron chi connectivity index (χ3n) is 5.32. The third kappa shape index (κ3) is 3.60. The lowest BCUT2D eigenvalue weighted by Gasteiger charge is -2.36. The van der Waals surface area contributed by atoms with Crippen LogP contribution in [0.5, 0.6) is 5.75 Å². The van der Waals surface area contributed by atoms with E-state index in [1.807, 2.05) is 0 Å². The zero-order valence-electron chi connectivity index (χ0n) is 16.5. The van der Waals surface area contributed by atoms with Gasteiger partial charge < -0.3 is 15.4 Å². The number of amides is 3. The number of allylic oxidation sites excluding steroid dienone is 1. The molecule has 8 heteroatoms. The Morgan fingerprint density at radius 3 is 2.57 bits per heavy atom. The standard InChI is InChI=1S/C22H21F2N3O3/c1-12-19(21(28)25-17-5-3-4-6-18(17)30-2)20(13-7-10-15(23)16(24)11-13)26-22(29)27(12)14-8-9-14/h3-7,10-11,14,20H,8-9H2,1-2H3,(H,25,28)(H,26,29)/t20-/m0/s1. The van der Waals surface area contributed by atoms with Gasteiger partial charge in [-0.15, -0.1) is 0 Å². The van der Waals surface area contributed by atoms with Crippen molar-refractivity contribution in [1.82, 2.24) is 10.2 Å². The van der Waals surface area contributed by atoms with Gasteiger partial charge in [0, 0.05) is 11.7 Å². The Labute approximate surface area is 172 Å². The second kappa shape index (κ2) is 7.78. The summed E-state index contributed by atoms with van der Waals surface area (Å²) in [5, 5.41) is 5.59. The number of rotatable bonds is 5. The van der Waals surface area contributed by atoms with Gasteiger partial charge in [0.2, 0.25) is 0 Å². The van der Waals surface area contributed by atoms with Gasteiger partial charge >= 0.3 is 6.03 Å². The smallest absolute Gasteiger partial charge is 0.322 e. The number of benzene rings is 2. The molecule has 0 bridgehead atoms. The molecule has 0 spiro atoms. The van der Waals surface area contributed by atoms with Gasteiger partial charge in [-0.2, -0.15) is 0 Å². The molecule has 0 aromatic heterocycles. The van der Waals surface area contributed by atoms with E-state index in [-0.39, 0.29) is 23.2 Å². The Morgan fingerprint density at radius 1 is 1.17 bits per heavy atom. The number of ether oxygens (including phenoxy) is 1. The van der Waals surface area contributed by atoms with Crippen LogP contribution >= 0.6 is 0 Å². The Morgan fingerprint density at radius 2 is 1.90 bits per heavy atom. The van der Waals surface area contributed by atoms with Crippen molar-refractivity contribution in [2.24, 2.45) is 0 Å². The molecule has 1 saturated carbocycles. The minimum Gasteiger partial charge on any atom is -0.495 e. The second-order valence-electron chi connectivity index (χ2n) is 7.31. The van der Waals surface area contributed by atoms with E-state index in [2.05, 4.69) is 10.6 Å². The van der Waals surface area contributed by atoms with Crippen LogP contribution in [0.3, 0.4) is 0 Å². The fourth-order valence-electron chi connectivity index (χ4n) is 3.70. The monoisotopic (exact) mass is 413 g/mol. The largest absolute Gasteiger partial charge is 0.495 e. The van der Waals surface area contributed by atoms with Gasteiger partial charge in [0.05, 0.1) is 24.4 Å². The van der Waals surface area contributed by atoms with Crippen LogP contribution in [0.2, 0.25) is 0 Å². The van der Waals surface area contributed by atoms with Gasteiger partial charge in [0.25, 0.3) is 5.91 Å². The third-order valence-corrected chi connectivity index (χ3v) is 5.32. The normalized spacial score (nSPS) is 18.9. The number of para-hydroxylation sites is 2. The number of halogens is 2. The van der Waals surface area contributed by atoms with Crippen molar-refractivity contribution in [2.45, 2.75) is 31.8 Å². The fourth-order valence-corrected chi connectivity index (χ4v) is 3.70. The summed E-state index contributed by atoms with van der Waals surface area (Å²) in [4.78, 5) is 27.6. The van der Waals surface area contributed by atoms with E-state index in [0.717, 1.165) is 25.0 Å². The summed E-state index contributed by atoms with van der Waals surface area (Å²) in [6.07, 6.45) is 1.70. The molecule has 2 N–H and O–H groups in total. The van der Waals surface area contributed by atoms with Gasteiger partial charge in [0.1, 0.15) is 5.75 Å². The molecule has 2 aromatic carbocycles. The Balaban J connectivity index is 1.76. The van der Waals surface area contributed by atoms with Crippen LogP contribution in [-0.2, 0) is 4.79 Å². The zero-order chi connectivity index (χ0) is 21.4. The van der Waals surface area contributed by atoms with E-state index in [1.54, 1.807) is 36.1 Å². The first-order chi connectivity index (χ1) is 14.4. The summed E-state index contributed by atoms with van der Waals surface area (Å²) in [6, 6.07) is 9.03. The van der Waals surface area contributed by atoms with E-state index in [1.165, 1.54) is 13.2 Å². The van der Waals surface area contributed by atoms with E-state index in [9.17, 15) is 18.4 Å². The number of nitrogens with zero attached hydrogens (tertiary/aromatic N) is 1. The predicted octanol–water partition coefficient (Wildman–Crippen LogP) is 4.11. The summed E-state index contributed by atoms with van der Waals surface area (Å²) in [6.45, 7) is 1.70. The summed E-state index contributed by atoms with van der Waals surface area (Å²) in [7, 11) is 1.50. The summed E-state index contributed by atoms with van der Waals surface area (Å²) < 4.78 is 32.6. The molecular formula is C22H21F2N3O3. The highest BCUT2D eigenvalue weighted by atomic mass is 19.2. The Bertz CT molecular complexity index is 1050.